The van der Waals surface area contributed by atoms with E-state index in [-0.39, 0.29) is 23.7 Å². The van der Waals surface area contributed by atoms with E-state index >= 15 is 0 Å². The summed E-state index contributed by atoms with van der Waals surface area (Å²) >= 11 is 0. The molecule has 8 nitrogen and oxygen atoms in total. The van der Waals surface area contributed by atoms with Crippen LogP contribution in [-0.4, -0.2) is 64.0 Å². The second-order valence-corrected chi connectivity index (χ2v) is 10.4. The largest absolute Gasteiger partial charge is 0.416 e. The van der Waals surface area contributed by atoms with Crippen LogP contribution in [0.2, 0.25) is 0 Å². The Hall–Kier alpha value is -4.40. The van der Waals surface area contributed by atoms with Gasteiger partial charge in [-0.05, 0) is 74.3 Å². The highest BCUT2D eigenvalue weighted by Crippen LogP contribution is 2.34. The van der Waals surface area contributed by atoms with Crippen LogP contribution < -0.4 is 11.1 Å². The molecule has 3 N–H and O–H groups in total. The van der Waals surface area contributed by atoms with Gasteiger partial charge in [0.05, 0.1) is 5.56 Å². The Morgan fingerprint density at radius 2 is 1.64 bits per heavy atom. The number of fused-ring (bicyclic) bond motifs is 1. The van der Waals surface area contributed by atoms with E-state index in [2.05, 4.69) is 64.2 Å². The molecule has 11 heteroatoms. The van der Waals surface area contributed by atoms with E-state index in [1.807, 2.05) is 45.0 Å². The number of nitrogens with zero attached hydrogens (tertiary/aromatic N) is 5. The van der Waals surface area contributed by atoms with Gasteiger partial charge in [-0.25, -0.2) is 4.52 Å². The summed E-state index contributed by atoms with van der Waals surface area (Å²) in [6.45, 7) is 13.6. The Balaban J connectivity index is 0.000000228. The number of aromatic nitrogens is 3. The van der Waals surface area contributed by atoms with Crippen molar-refractivity contribution >= 4 is 23.7 Å². The van der Waals surface area contributed by atoms with Crippen molar-refractivity contribution in [3.8, 4) is 11.8 Å². The first kappa shape index (κ1) is 34.1. The molecule has 1 fully saturated rings. The molecule has 0 saturated carbocycles. The molecule has 0 spiro atoms. The topological polar surface area (TPSA) is 91.8 Å². The van der Waals surface area contributed by atoms with E-state index in [1.165, 1.54) is 23.3 Å². The molecule has 0 aliphatic carbocycles. The molecule has 1 saturated heterocycles. The molecule has 2 aromatic carbocycles. The summed E-state index contributed by atoms with van der Waals surface area (Å²) < 4.78 is 41.1. The molecule has 0 radical (unpaired) electrons. The van der Waals surface area contributed by atoms with Gasteiger partial charge >= 0.3 is 6.18 Å². The molecule has 0 bridgehead atoms. The Morgan fingerprint density at radius 1 is 0.955 bits per heavy atom. The minimum atomic E-state index is -4.43. The molecule has 1 amide bonds. The first-order valence-electron chi connectivity index (χ1n) is 14.5. The van der Waals surface area contributed by atoms with Crippen LogP contribution >= 0.6 is 0 Å². The Labute approximate surface area is 257 Å². The third-order valence-corrected chi connectivity index (χ3v) is 7.05. The van der Waals surface area contributed by atoms with Gasteiger partial charge in [0.2, 0.25) is 12.4 Å². The van der Waals surface area contributed by atoms with Crippen molar-refractivity contribution in [2.75, 3.05) is 44.3 Å². The normalized spacial score (nSPS) is 13.6. The second kappa shape index (κ2) is 15.4. The molecule has 234 valence electrons. The minimum Gasteiger partial charge on any atom is -0.366 e. The van der Waals surface area contributed by atoms with Crippen LogP contribution in [0.1, 0.15) is 52.8 Å². The average molecular weight is 608 g/mol. The number of carbonyl (C=O) groups excluding carboxylic acids is 1. The smallest absolute Gasteiger partial charge is 0.366 e. The number of nitrogens with two attached hydrogens (primary N) is 1. The first-order valence-corrected chi connectivity index (χ1v) is 14.5. The maximum Gasteiger partial charge on any atom is 0.416 e. The standard InChI is InChI=1S/C17H16N4.C14H18F3N3O.C2H6/c1-11-4-5-12(2)14(8-11)6-7-15-10-21-16(9-13(15)3)19-17(18)20-21;1-19-4-6-20(7-5-19)9-11-2-3-12(18-10-21)8-13(11)14(15,16)17;1-2/h4-5,8-10H,1-3H3,(H2,18,20);2-3,8,10H,4-7,9H2,1H3,(H,18,21);1-2H3. The van der Waals surface area contributed by atoms with Gasteiger partial charge in [-0.15, -0.1) is 5.10 Å². The van der Waals surface area contributed by atoms with Crippen molar-refractivity contribution in [3.63, 3.8) is 0 Å². The molecular weight excluding hydrogens is 567 g/mol. The minimum absolute atomic E-state index is 0.152. The highest BCUT2D eigenvalue weighted by Gasteiger charge is 2.34. The Kier molecular flexibility index (Phi) is 11.9. The van der Waals surface area contributed by atoms with Crippen LogP contribution in [0.5, 0.6) is 0 Å². The van der Waals surface area contributed by atoms with Crippen LogP contribution in [0.15, 0.2) is 48.7 Å². The van der Waals surface area contributed by atoms with E-state index in [9.17, 15) is 18.0 Å². The molecule has 0 unspecified atom stereocenters. The number of halogens is 3. The van der Waals surface area contributed by atoms with Gasteiger partial charge in [-0.1, -0.05) is 43.9 Å². The van der Waals surface area contributed by atoms with Crippen molar-refractivity contribution in [2.24, 2.45) is 0 Å². The number of anilines is 2. The van der Waals surface area contributed by atoms with Crippen LogP contribution in [0, 0.1) is 32.6 Å². The number of hydrogen-bond acceptors (Lipinski definition) is 6. The van der Waals surface area contributed by atoms with Gasteiger partial charge in [-0.3, -0.25) is 9.69 Å². The molecule has 1 aliphatic rings. The molecule has 44 heavy (non-hydrogen) atoms. The van der Waals surface area contributed by atoms with E-state index in [1.54, 1.807) is 4.52 Å². The number of pyridine rings is 1. The van der Waals surface area contributed by atoms with Gasteiger partial charge in [0.25, 0.3) is 0 Å². The Bertz CT molecular complexity index is 1630. The number of benzene rings is 2. The lowest BCUT2D eigenvalue weighted by Gasteiger charge is -2.33. The maximum atomic E-state index is 13.1. The molecule has 2 aromatic heterocycles. The van der Waals surface area contributed by atoms with Crippen LogP contribution in [-0.2, 0) is 17.5 Å². The number of likely N-dealkylation sites (N-methyl/N-ethyl adjacent to an activating group) is 1. The van der Waals surface area contributed by atoms with Crippen LogP contribution in [0.25, 0.3) is 5.65 Å². The van der Waals surface area contributed by atoms with Gasteiger partial charge in [-0.2, -0.15) is 18.2 Å². The number of amides is 1. The third-order valence-electron chi connectivity index (χ3n) is 7.05. The second-order valence-electron chi connectivity index (χ2n) is 10.4. The zero-order valence-corrected chi connectivity index (χ0v) is 26.1. The van der Waals surface area contributed by atoms with Crippen LogP contribution in [0.3, 0.4) is 0 Å². The lowest BCUT2D eigenvalue weighted by molar-refractivity contribution is -0.138. The maximum absolute atomic E-state index is 13.1. The summed E-state index contributed by atoms with van der Waals surface area (Å²) in [5.74, 6) is 6.73. The molecule has 5 rings (SSSR count). The number of piperazine rings is 1. The number of nitrogens with one attached hydrogen (secondary N) is 1. The monoisotopic (exact) mass is 607 g/mol. The number of nitrogen functional groups attached to an aromatic ring is 1. The first-order chi connectivity index (χ1) is 20.9. The highest BCUT2D eigenvalue weighted by atomic mass is 19.4. The number of alkyl halides is 3. The number of rotatable bonds is 4. The summed E-state index contributed by atoms with van der Waals surface area (Å²) in [5.41, 5.74) is 11.5. The summed E-state index contributed by atoms with van der Waals surface area (Å²) in [4.78, 5) is 18.7. The van der Waals surface area contributed by atoms with Crippen molar-refractivity contribution in [1.29, 1.82) is 0 Å². The van der Waals surface area contributed by atoms with Crippen molar-refractivity contribution in [2.45, 2.75) is 47.3 Å². The molecule has 3 heterocycles. The van der Waals surface area contributed by atoms with Crippen molar-refractivity contribution < 1.29 is 18.0 Å². The van der Waals surface area contributed by atoms with Gasteiger partial charge in [0.15, 0.2) is 5.65 Å². The van der Waals surface area contributed by atoms with Gasteiger partial charge < -0.3 is 16.0 Å². The molecule has 0 atom stereocenters. The summed E-state index contributed by atoms with van der Waals surface area (Å²) in [5, 5.41) is 6.37. The zero-order chi connectivity index (χ0) is 32.4. The fourth-order valence-electron chi connectivity index (χ4n) is 4.56. The fourth-order valence-corrected chi connectivity index (χ4v) is 4.56. The van der Waals surface area contributed by atoms with Crippen LogP contribution in [0.4, 0.5) is 24.8 Å². The summed E-state index contributed by atoms with van der Waals surface area (Å²) in [6.07, 6.45) is -2.19. The quantitative estimate of drug-likeness (QED) is 0.229. The van der Waals surface area contributed by atoms with E-state index in [0.29, 0.717) is 6.41 Å². The van der Waals surface area contributed by atoms with E-state index in [0.717, 1.165) is 54.6 Å². The number of hydrogen-bond donors (Lipinski definition) is 2. The van der Waals surface area contributed by atoms with Gasteiger partial charge in [0, 0.05) is 55.7 Å². The van der Waals surface area contributed by atoms with Crippen molar-refractivity contribution in [1.82, 2.24) is 24.4 Å². The molecule has 4 aromatic rings. The number of carbonyl (C=O) groups is 1. The van der Waals surface area contributed by atoms with E-state index in [4.69, 9.17) is 5.73 Å². The van der Waals surface area contributed by atoms with E-state index < -0.39 is 11.7 Å². The summed E-state index contributed by atoms with van der Waals surface area (Å²) in [7, 11) is 2.00. The van der Waals surface area contributed by atoms with Gasteiger partial charge in [0.1, 0.15) is 0 Å². The van der Waals surface area contributed by atoms with Crippen molar-refractivity contribution in [3.05, 3.63) is 87.6 Å². The predicted molar refractivity (Wildman–Crippen MR) is 169 cm³/mol. The SMILES string of the molecule is CC.CN1CCN(Cc2ccc(NC=O)cc2C(F)(F)F)CC1.Cc1ccc(C)c(C#Cc2cn3nc(N)nc3cc2C)c1. The highest BCUT2D eigenvalue weighted by molar-refractivity contribution is 5.71. The average Bonchev–Trinajstić information content (AvgIpc) is 3.35. The third kappa shape index (κ3) is 9.30. The zero-order valence-electron chi connectivity index (χ0n) is 26.1. The fraction of sp³-hybridized carbons (Fsp3) is 0.364. The lowest BCUT2D eigenvalue weighted by atomic mass is 10.0. The predicted octanol–water partition coefficient (Wildman–Crippen LogP) is 5.68. The summed E-state index contributed by atoms with van der Waals surface area (Å²) in [6, 6.07) is 12.1. The lowest BCUT2D eigenvalue weighted by Crippen LogP contribution is -2.44. The Morgan fingerprint density at radius 3 is 2.30 bits per heavy atom. The number of aryl methyl sites for hydroxylation is 3. The molecular formula is C33H40F3N7O. The molecule has 1 aliphatic heterocycles.